The molecule has 2 aromatic carbocycles. The van der Waals surface area contributed by atoms with Crippen LogP contribution < -0.4 is 20.3 Å². The number of fused-ring (bicyclic) bond motifs is 1. The lowest BCUT2D eigenvalue weighted by atomic mass is 10.1. The molecule has 0 saturated heterocycles. The molecule has 0 bridgehead atoms. The summed E-state index contributed by atoms with van der Waals surface area (Å²) < 4.78 is 12.7. The number of pyridine rings is 1. The second kappa shape index (κ2) is 10.1. The molecule has 0 radical (unpaired) electrons. The number of nitriles is 1. The Bertz CT molecular complexity index is 1550. The van der Waals surface area contributed by atoms with Crippen molar-refractivity contribution in [3.8, 4) is 23.4 Å². The number of hydrogen-bond acceptors (Lipinski definition) is 6. The Labute approximate surface area is 205 Å². The zero-order valence-electron chi connectivity index (χ0n) is 18.8. The average molecular weight is 487 g/mol. The summed E-state index contributed by atoms with van der Waals surface area (Å²) in [4.78, 5) is 30.8. The Kier molecular flexibility index (Phi) is 6.81. The van der Waals surface area contributed by atoms with Crippen molar-refractivity contribution in [2.45, 2.75) is 6.92 Å². The van der Waals surface area contributed by atoms with Gasteiger partial charge in [0.25, 0.3) is 11.5 Å². The van der Waals surface area contributed by atoms with Crippen LogP contribution in [0.3, 0.4) is 0 Å². The minimum Gasteiger partial charge on any atom is -0.493 e. The fourth-order valence-electron chi connectivity index (χ4n) is 3.33. The number of nitrogens with one attached hydrogen (secondary N) is 1. The van der Waals surface area contributed by atoms with Crippen LogP contribution in [0.4, 0.5) is 5.69 Å². The highest BCUT2D eigenvalue weighted by molar-refractivity contribution is 6.30. The molecule has 9 heteroatoms. The van der Waals surface area contributed by atoms with E-state index in [1.807, 2.05) is 19.1 Å². The number of carbonyl (C=O) groups excluding carboxylic acids is 1. The first kappa shape index (κ1) is 23.5. The van der Waals surface area contributed by atoms with E-state index in [0.29, 0.717) is 27.9 Å². The summed E-state index contributed by atoms with van der Waals surface area (Å²) in [6.07, 6.45) is 2.72. The first-order valence-corrected chi connectivity index (χ1v) is 10.8. The molecule has 0 aliphatic rings. The topological polar surface area (TPSA) is 106 Å². The van der Waals surface area contributed by atoms with E-state index in [-0.39, 0.29) is 17.0 Å². The van der Waals surface area contributed by atoms with Crippen LogP contribution in [-0.4, -0.2) is 22.4 Å². The van der Waals surface area contributed by atoms with Crippen molar-refractivity contribution in [1.82, 2.24) is 9.38 Å². The normalized spacial score (nSPS) is 11.1. The number of ether oxygens (including phenoxy) is 2. The highest BCUT2D eigenvalue weighted by Gasteiger charge is 2.19. The lowest BCUT2D eigenvalue weighted by Gasteiger charge is -2.13. The molecule has 0 fully saturated rings. The lowest BCUT2D eigenvalue weighted by Crippen LogP contribution is -2.20. The van der Waals surface area contributed by atoms with Gasteiger partial charge in [-0.2, -0.15) is 10.2 Å². The SMILES string of the molecule is COc1ccccc1Oc1nc2c(C)cccn2c(=O)c1/C=C(/C#N)C(=O)Nc1ccc(Cl)cc1. The van der Waals surface area contributed by atoms with Crippen LogP contribution in [0.5, 0.6) is 17.4 Å². The van der Waals surface area contributed by atoms with Crippen LogP contribution in [0.2, 0.25) is 5.02 Å². The Morgan fingerprint density at radius 2 is 1.83 bits per heavy atom. The van der Waals surface area contributed by atoms with Gasteiger partial charge in [-0.25, -0.2) is 0 Å². The predicted octanol–water partition coefficient (Wildman–Crippen LogP) is 5.00. The van der Waals surface area contributed by atoms with E-state index in [1.54, 1.807) is 60.8 Å². The molecule has 1 amide bonds. The summed E-state index contributed by atoms with van der Waals surface area (Å²) in [6, 6.07) is 18.6. The van der Waals surface area contributed by atoms with E-state index >= 15 is 0 Å². The molecule has 35 heavy (non-hydrogen) atoms. The minimum atomic E-state index is -0.702. The van der Waals surface area contributed by atoms with Crippen LogP contribution in [0.1, 0.15) is 11.1 Å². The molecular weight excluding hydrogens is 468 g/mol. The zero-order chi connectivity index (χ0) is 24.9. The first-order chi connectivity index (χ1) is 16.9. The third-order valence-corrected chi connectivity index (χ3v) is 5.33. The summed E-state index contributed by atoms with van der Waals surface area (Å²) in [5.74, 6) is -0.0264. The molecule has 0 spiro atoms. The van der Waals surface area contributed by atoms with Gasteiger partial charge in [-0.05, 0) is 61.0 Å². The second-order valence-corrected chi connectivity index (χ2v) is 7.84. The van der Waals surface area contributed by atoms with Crippen LogP contribution in [0.25, 0.3) is 11.7 Å². The third kappa shape index (κ3) is 5.00. The molecule has 0 aliphatic carbocycles. The van der Waals surface area contributed by atoms with Crippen LogP contribution in [-0.2, 0) is 4.79 Å². The number of hydrogen-bond donors (Lipinski definition) is 1. The van der Waals surface area contributed by atoms with E-state index < -0.39 is 11.5 Å². The highest BCUT2D eigenvalue weighted by atomic mass is 35.5. The first-order valence-electron chi connectivity index (χ1n) is 10.4. The molecule has 0 saturated carbocycles. The summed E-state index contributed by atoms with van der Waals surface area (Å²) in [7, 11) is 1.49. The van der Waals surface area contributed by atoms with Crippen LogP contribution >= 0.6 is 11.6 Å². The minimum absolute atomic E-state index is 0.0678. The fourth-order valence-corrected chi connectivity index (χ4v) is 3.45. The largest absolute Gasteiger partial charge is 0.493 e. The number of halogens is 1. The van der Waals surface area contributed by atoms with Gasteiger partial charge in [0.15, 0.2) is 11.5 Å². The molecule has 0 atom stereocenters. The maximum Gasteiger partial charge on any atom is 0.269 e. The molecule has 0 aliphatic heterocycles. The van der Waals surface area contributed by atoms with Gasteiger partial charge in [-0.3, -0.25) is 14.0 Å². The summed E-state index contributed by atoms with van der Waals surface area (Å²) in [6.45, 7) is 1.81. The quantitative estimate of drug-likeness (QED) is 0.303. The smallest absolute Gasteiger partial charge is 0.269 e. The summed E-state index contributed by atoms with van der Waals surface area (Å²) >= 11 is 5.88. The number of aromatic nitrogens is 2. The van der Waals surface area contributed by atoms with Gasteiger partial charge >= 0.3 is 0 Å². The van der Waals surface area contributed by atoms with E-state index in [2.05, 4.69) is 10.3 Å². The maximum atomic E-state index is 13.4. The Hall–Kier alpha value is -4.61. The molecule has 0 unspecified atom stereocenters. The van der Waals surface area contributed by atoms with Gasteiger partial charge in [0, 0.05) is 16.9 Å². The van der Waals surface area contributed by atoms with Crippen molar-refractivity contribution in [2.75, 3.05) is 12.4 Å². The van der Waals surface area contributed by atoms with Gasteiger partial charge in [-0.1, -0.05) is 29.8 Å². The monoisotopic (exact) mass is 486 g/mol. The fraction of sp³-hybridized carbons (Fsp3) is 0.0769. The molecule has 174 valence electrons. The van der Waals surface area contributed by atoms with Crippen molar-refractivity contribution in [3.05, 3.63) is 98.9 Å². The number of anilines is 1. The maximum absolute atomic E-state index is 13.4. The summed E-state index contributed by atoms with van der Waals surface area (Å²) in [5.41, 5.74) is 0.679. The van der Waals surface area contributed by atoms with Gasteiger partial charge < -0.3 is 14.8 Å². The van der Waals surface area contributed by atoms with E-state index in [0.717, 1.165) is 5.56 Å². The Balaban J connectivity index is 1.84. The molecule has 2 heterocycles. The van der Waals surface area contributed by atoms with Gasteiger partial charge in [0.05, 0.1) is 7.11 Å². The van der Waals surface area contributed by atoms with Crippen LogP contribution in [0.15, 0.2) is 77.2 Å². The summed E-state index contributed by atoms with van der Waals surface area (Å²) in [5, 5.41) is 12.8. The van der Waals surface area contributed by atoms with Crippen molar-refractivity contribution >= 4 is 34.9 Å². The van der Waals surface area contributed by atoms with Crippen LogP contribution in [0, 0.1) is 18.3 Å². The molecule has 4 rings (SSSR count). The van der Waals surface area contributed by atoms with Crippen molar-refractivity contribution in [2.24, 2.45) is 0 Å². The zero-order valence-corrected chi connectivity index (χ0v) is 19.5. The highest BCUT2D eigenvalue weighted by Crippen LogP contribution is 2.32. The molecule has 8 nitrogen and oxygen atoms in total. The lowest BCUT2D eigenvalue weighted by molar-refractivity contribution is -0.112. The second-order valence-electron chi connectivity index (χ2n) is 7.40. The van der Waals surface area contributed by atoms with E-state index in [9.17, 15) is 14.9 Å². The molecule has 2 aromatic heterocycles. The predicted molar refractivity (Wildman–Crippen MR) is 133 cm³/mol. The number of nitrogens with zero attached hydrogens (tertiary/aromatic N) is 3. The number of para-hydroxylation sites is 2. The Morgan fingerprint density at radius 1 is 1.11 bits per heavy atom. The van der Waals surface area contributed by atoms with Gasteiger partial charge in [-0.15, -0.1) is 0 Å². The van der Waals surface area contributed by atoms with Gasteiger partial charge in [0.1, 0.15) is 22.9 Å². The number of benzene rings is 2. The third-order valence-electron chi connectivity index (χ3n) is 5.08. The molecular formula is C26H19ClN4O4. The van der Waals surface area contributed by atoms with E-state index in [4.69, 9.17) is 21.1 Å². The standard InChI is InChI=1S/C26H19ClN4O4/c1-16-6-5-13-31-23(16)30-25(35-22-8-4-3-7-21(22)34-2)20(26(31)33)14-17(15-28)24(32)29-19-11-9-18(27)10-12-19/h3-14H,1-2H3,(H,29,32)/b17-14-. The number of amides is 1. The van der Waals surface area contributed by atoms with Crippen molar-refractivity contribution < 1.29 is 14.3 Å². The van der Waals surface area contributed by atoms with E-state index in [1.165, 1.54) is 17.6 Å². The van der Waals surface area contributed by atoms with Crippen molar-refractivity contribution in [1.29, 1.82) is 5.26 Å². The number of carbonyl (C=O) groups is 1. The Morgan fingerprint density at radius 3 is 2.51 bits per heavy atom. The number of rotatable bonds is 6. The average Bonchev–Trinajstić information content (AvgIpc) is 2.86. The number of aryl methyl sites for hydroxylation is 1. The number of methoxy groups -OCH3 is 1. The van der Waals surface area contributed by atoms with Gasteiger partial charge in [0.2, 0.25) is 5.88 Å². The molecule has 1 N–H and O–H groups in total. The molecule has 4 aromatic rings. The van der Waals surface area contributed by atoms with Crippen molar-refractivity contribution in [3.63, 3.8) is 0 Å².